The molecule has 154 valence electrons. The highest BCUT2D eigenvalue weighted by molar-refractivity contribution is 14.0. The first-order valence-electron chi connectivity index (χ1n) is 10.2. The third kappa shape index (κ3) is 7.48. The number of morpholine rings is 1. The Balaban J connectivity index is 0.00000338. The predicted molar refractivity (Wildman–Crippen MR) is 121 cm³/mol. The SMILES string of the molecule is CCNC(=NCC(C)(C)N1CCOCC1)NCC1CCCCN1CC.I. The van der Waals surface area contributed by atoms with Gasteiger partial charge in [-0.2, -0.15) is 0 Å². The van der Waals surface area contributed by atoms with Crippen molar-refractivity contribution in [3.8, 4) is 0 Å². The van der Waals surface area contributed by atoms with Crippen molar-refractivity contribution >= 4 is 29.9 Å². The largest absolute Gasteiger partial charge is 0.379 e. The van der Waals surface area contributed by atoms with Gasteiger partial charge >= 0.3 is 0 Å². The van der Waals surface area contributed by atoms with Crippen molar-refractivity contribution < 1.29 is 4.74 Å². The fourth-order valence-electron chi connectivity index (χ4n) is 3.80. The van der Waals surface area contributed by atoms with Gasteiger partial charge in [0.05, 0.1) is 19.8 Å². The molecule has 2 aliphatic rings. The molecule has 0 aromatic carbocycles. The molecule has 7 heteroatoms. The average Bonchev–Trinajstić information content (AvgIpc) is 2.65. The topological polar surface area (TPSA) is 52.1 Å². The summed E-state index contributed by atoms with van der Waals surface area (Å²) in [7, 11) is 0. The molecule has 0 saturated carbocycles. The quantitative estimate of drug-likeness (QED) is 0.332. The Kier molecular flexibility index (Phi) is 11.4. The van der Waals surface area contributed by atoms with Crippen LogP contribution in [0.2, 0.25) is 0 Å². The lowest BCUT2D eigenvalue weighted by Crippen LogP contribution is -2.52. The van der Waals surface area contributed by atoms with Crippen molar-refractivity contribution in [1.29, 1.82) is 0 Å². The van der Waals surface area contributed by atoms with Gasteiger partial charge in [0.25, 0.3) is 0 Å². The zero-order valence-electron chi connectivity index (χ0n) is 17.2. The molecule has 0 spiro atoms. The Labute approximate surface area is 177 Å². The predicted octanol–water partition coefficient (Wildman–Crippen LogP) is 2.14. The smallest absolute Gasteiger partial charge is 0.191 e. The van der Waals surface area contributed by atoms with Crippen LogP contribution >= 0.6 is 24.0 Å². The van der Waals surface area contributed by atoms with Crippen LogP contribution in [0.5, 0.6) is 0 Å². The third-order valence-corrected chi connectivity index (χ3v) is 5.50. The molecule has 0 aromatic rings. The lowest BCUT2D eigenvalue weighted by Gasteiger charge is -2.40. The van der Waals surface area contributed by atoms with Crippen molar-refractivity contribution in [3.63, 3.8) is 0 Å². The zero-order chi connectivity index (χ0) is 18.1. The Morgan fingerprint density at radius 2 is 1.85 bits per heavy atom. The molecule has 2 rings (SSSR count). The molecule has 6 nitrogen and oxygen atoms in total. The number of halogens is 1. The van der Waals surface area contributed by atoms with Crippen LogP contribution in [-0.2, 0) is 4.74 Å². The van der Waals surface area contributed by atoms with Crippen molar-refractivity contribution in [1.82, 2.24) is 20.4 Å². The lowest BCUT2D eigenvalue weighted by molar-refractivity contribution is -0.00684. The fraction of sp³-hybridized carbons (Fsp3) is 0.947. The van der Waals surface area contributed by atoms with Crippen LogP contribution in [0.1, 0.15) is 47.0 Å². The van der Waals surface area contributed by atoms with Crippen molar-refractivity contribution in [2.75, 3.05) is 59.0 Å². The van der Waals surface area contributed by atoms with E-state index in [0.29, 0.717) is 6.04 Å². The number of piperidine rings is 1. The monoisotopic (exact) mass is 481 g/mol. The van der Waals surface area contributed by atoms with E-state index in [2.05, 4.69) is 48.1 Å². The van der Waals surface area contributed by atoms with E-state index >= 15 is 0 Å². The molecule has 2 N–H and O–H groups in total. The van der Waals surface area contributed by atoms with Crippen LogP contribution in [0.4, 0.5) is 0 Å². The van der Waals surface area contributed by atoms with Gasteiger partial charge in [-0.3, -0.25) is 14.8 Å². The molecule has 2 aliphatic heterocycles. The number of aliphatic imine (C=N–C) groups is 1. The molecule has 0 radical (unpaired) electrons. The maximum absolute atomic E-state index is 5.48. The van der Waals surface area contributed by atoms with Crippen LogP contribution < -0.4 is 10.6 Å². The average molecular weight is 481 g/mol. The van der Waals surface area contributed by atoms with Gasteiger partial charge in [-0.15, -0.1) is 24.0 Å². The summed E-state index contributed by atoms with van der Waals surface area (Å²) in [6, 6.07) is 0.634. The van der Waals surface area contributed by atoms with E-state index in [1.54, 1.807) is 0 Å². The number of nitrogens with zero attached hydrogens (tertiary/aromatic N) is 3. The summed E-state index contributed by atoms with van der Waals surface area (Å²) in [5, 5.41) is 6.99. The zero-order valence-corrected chi connectivity index (χ0v) is 19.6. The third-order valence-electron chi connectivity index (χ3n) is 5.50. The van der Waals surface area contributed by atoms with Crippen LogP contribution in [0.25, 0.3) is 0 Å². The van der Waals surface area contributed by atoms with Gasteiger partial charge in [0, 0.05) is 37.8 Å². The minimum atomic E-state index is 0. The van der Waals surface area contributed by atoms with E-state index in [0.717, 1.165) is 58.4 Å². The second-order valence-electron chi connectivity index (χ2n) is 7.77. The minimum absolute atomic E-state index is 0. The first kappa shape index (κ1) is 23.9. The van der Waals surface area contributed by atoms with Crippen molar-refractivity contribution in [2.45, 2.75) is 58.5 Å². The highest BCUT2D eigenvalue weighted by Gasteiger charge is 2.28. The van der Waals surface area contributed by atoms with Crippen LogP contribution in [0.15, 0.2) is 4.99 Å². The first-order chi connectivity index (χ1) is 12.1. The van der Waals surface area contributed by atoms with Crippen LogP contribution in [0.3, 0.4) is 0 Å². The van der Waals surface area contributed by atoms with E-state index in [1.807, 2.05) is 0 Å². The molecular formula is C19H40IN5O. The molecule has 0 amide bonds. The Bertz CT molecular complexity index is 413. The summed E-state index contributed by atoms with van der Waals surface area (Å²) in [5.74, 6) is 0.950. The van der Waals surface area contributed by atoms with Crippen molar-refractivity contribution in [2.24, 2.45) is 4.99 Å². The Hall–Kier alpha value is -0.120. The van der Waals surface area contributed by atoms with E-state index in [1.165, 1.54) is 25.8 Å². The molecule has 2 heterocycles. The Morgan fingerprint density at radius 3 is 2.50 bits per heavy atom. The standard InChI is InChI=1S/C19H39N5O.HI/c1-5-20-18(21-15-17-9-7-8-10-23(17)6-2)22-16-19(3,4)24-11-13-25-14-12-24;/h17H,5-16H2,1-4H3,(H2,20,21,22);1H. The van der Waals surface area contributed by atoms with Gasteiger partial charge in [-0.1, -0.05) is 13.3 Å². The second-order valence-corrected chi connectivity index (χ2v) is 7.77. The van der Waals surface area contributed by atoms with Gasteiger partial charge in [0.15, 0.2) is 5.96 Å². The minimum Gasteiger partial charge on any atom is -0.379 e. The molecule has 26 heavy (non-hydrogen) atoms. The summed E-state index contributed by atoms with van der Waals surface area (Å²) >= 11 is 0. The van der Waals surface area contributed by atoms with Gasteiger partial charge in [-0.05, 0) is 46.7 Å². The number of likely N-dealkylation sites (tertiary alicyclic amines) is 1. The first-order valence-corrected chi connectivity index (χ1v) is 10.2. The van der Waals surface area contributed by atoms with Gasteiger partial charge in [-0.25, -0.2) is 0 Å². The van der Waals surface area contributed by atoms with Crippen LogP contribution in [-0.4, -0.2) is 86.4 Å². The molecule has 2 saturated heterocycles. The molecule has 2 fully saturated rings. The number of rotatable bonds is 7. The normalized spacial score (nSPS) is 23.4. The summed E-state index contributed by atoms with van der Waals surface area (Å²) in [6.45, 7) is 17.7. The van der Waals surface area contributed by atoms with E-state index in [-0.39, 0.29) is 29.5 Å². The summed E-state index contributed by atoms with van der Waals surface area (Å²) < 4.78 is 5.48. The van der Waals surface area contributed by atoms with E-state index in [9.17, 15) is 0 Å². The highest BCUT2D eigenvalue weighted by Crippen LogP contribution is 2.17. The summed E-state index contributed by atoms with van der Waals surface area (Å²) in [4.78, 5) is 9.97. The number of ether oxygens (including phenoxy) is 1. The van der Waals surface area contributed by atoms with E-state index in [4.69, 9.17) is 9.73 Å². The number of hydrogen-bond acceptors (Lipinski definition) is 4. The number of guanidine groups is 1. The lowest BCUT2D eigenvalue weighted by atomic mass is 10.0. The Morgan fingerprint density at radius 1 is 1.12 bits per heavy atom. The molecule has 1 atom stereocenters. The molecule has 0 aliphatic carbocycles. The van der Waals surface area contributed by atoms with Gasteiger partial charge < -0.3 is 15.4 Å². The number of likely N-dealkylation sites (N-methyl/N-ethyl adjacent to an activating group) is 1. The number of hydrogen-bond donors (Lipinski definition) is 2. The molecular weight excluding hydrogens is 441 g/mol. The van der Waals surface area contributed by atoms with Crippen LogP contribution in [0, 0.1) is 0 Å². The highest BCUT2D eigenvalue weighted by atomic mass is 127. The van der Waals surface area contributed by atoms with Gasteiger partial charge in [0.1, 0.15) is 0 Å². The second kappa shape index (κ2) is 12.4. The summed E-state index contributed by atoms with van der Waals surface area (Å²) in [6.07, 6.45) is 3.98. The number of nitrogens with one attached hydrogen (secondary N) is 2. The van der Waals surface area contributed by atoms with E-state index < -0.39 is 0 Å². The fourth-order valence-corrected chi connectivity index (χ4v) is 3.80. The molecule has 0 bridgehead atoms. The molecule has 0 aromatic heterocycles. The molecule has 1 unspecified atom stereocenters. The van der Waals surface area contributed by atoms with Gasteiger partial charge in [0.2, 0.25) is 0 Å². The van der Waals surface area contributed by atoms with Crippen molar-refractivity contribution in [3.05, 3.63) is 0 Å². The summed E-state index contributed by atoms with van der Waals surface area (Å²) in [5.41, 5.74) is 0.0619. The maximum atomic E-state index is 5.48. The maximum Gasteiger partial charge on any atom is 0.191 e.